The zero-order chi connectivity index (χ0) is 9.15. The number of carbonyl (C=O) groups is 1. The molecule has 1 heterocycles. The van der Waals surface area contributed by atoms with E-state index in [0.717, 1.165) is 19.4 Å². The molecule has 1 amide bonds. The number of hydrogen-bond acceptors (Lipinski definition) is 1. The van der Waals surface area contributed by atoms with E-state index < -0.39 is 0 Å². The van der Waals surface area contributed by atoms with Crippen molar-refractivity contribution in [3.05, 3.63) is 0 Å². The average Bonchev–Trinajstić information content (AvgIpc) is 2.37. The molecule has 74 valence electrons. The van der Waals surface area contributed by atoms with Crippen molar-refractivity contribution in [2.24, 2.45) is 5.41 Å². The highest BCUT2D eigenvalue weighted by Gasteiger charge is 2.34. The molecule has 1 N–H and O–H groups in total. The van der Waals surface area contributed by atoms with E-state index >= 15 is 0 Å². The first kappa shape index (κ1) is 9.04. The minimum atomic E-state index is 0.259. The lowest BCUT2D eigenvalue weighted by atomic mass is 9.74. The maximum Gasteiger partial charge on any atom is 0.220 e. The highest BCUT2D eigenvalue weighted by atomic mass is 16.1. The van der Waals surface area contributed by atoms with Crippen LogP contribution in [0.25, 0.3) is 0 Å². The summed E-state index contributed by atoms with van der Waals surface area (Å²) in [7, 11) is 0. The van der Waals surface area contributed by atoms with Crippen LogP contribution in [0.15, 0.2) is 0 Å². The van der Waals surface area contributed by atoms with Crippen LogP contribution in [0.3, 0.4) is 0 Å². The standard InChI is InChI=1S/C11H19NO/c13-10-5-8-11(9-12-10)6-3-1-2-4-7-11/h1-9H2,(H,12,13). The van der Waals surface area contributed by atoms with Crippen molar-refractivity contribution in [1.29, 1.82) is 0 Å². The number of hydrogen-bond donors (Lipinski definition) is 1. The Morgan fingerprint density at radius 1 is 1.00 bits per heavy atom. The quantitative estimate of drug-likeness (QED) is 0.610. The van der Waals surface area contributed by atoms with Crippen molar-refractivity contribution in [3.63, 3.8) is 0 Å². The van der Waals surface area contributed by atoms with Crippen LogP contribution in [0.1, 0.15) is 51.4 Å². The van der Waals surface area contributed by atoms with Gasteiger partial charge < -0.3 is 5.32 Å². The molecule has 0 aromatic carbocycles. The number of rotatable bonds is 0. The molecule has 0 bridgehead atoms. The zero-order valence-electron chi connectivity index (χ0n) is 8.27. The van der Waals surface area contributed by atoms with Crippen molar-refractivity contribution >= 4 is 5.91 Å². The van der Waals surface area contributed by atoms with Crippen LogP contribution in [0.5, 0.6) is 0 Å². The van der Waals surface area contributed by atoms with Gasteiger partial charge in [-0.1, -0.05) is 25.7 Å². The molecule has 1 saturated heterocycles. The number of carbonyl (C=O) groups excluding carboxylic acids is 1. The molecule has 0 unspecified atom stereocenters. The lowest BCUT2D eigenvalue weighted by Crippen LogP contribution is -2.42. The van der Waals surface area contributed by atoms with Crippen molar-refractivity contribution in [2.45, 2.75) is 51.4 Å². The van der Waals surface area contributed by atoms with Crippen molar-refractivity contribution < 1.29 is 4.79 Å². The molecule has 2 heteroatoms. The minimum absolute atomic E-state index is 0.259. The average molecular weight is 181 g/mol. The lowest BCUT2D eigenvalue weighted by Gasteiger charge is -2.36. The summed E-state index contributed by atoms with van der Waals surface area (Å²) in [4.78, 5) is 11.1. The summed E-state index contributed by atoms with van der Waals surface area (Å²) in [6.45, 7) is 0.950. The van der Waals surface area contributed by atoms with E-state index in [0.29, 0.717) is 5.41 Å². The van der Waals surface area contributed by atoms with E-state index in [1.807, 2.05) is 0 Å². The summed E-state index contributed by atoms with van der Waals surface area (Å²) in [6.07, 6.45) is 10.1. The van der Waals surface area contributed by atoms with Gasteiger partial charge in [-0.2, -0.15) is 0 Å². The van der Waals surface area contributed by atoms with Gasteiger partial charge in [0.05, 0.1) is 0 Å². The van der Waals surface area contributed by atoms with Crippen molar-refractivity contribution in [2.75, 3.05) is 6.54 Å². The molecule has 1 saturated carbocycles. The maximum absolute atomic E-state index is 11.1. The van der Waals surface area contributed by atoms with E-state index in [1.54, 1.807) is 0 Å². The first-order valence-corrected chi connectivity index (χ1v) is 5.58. The van der Waals surface area contributed by atoms with Crippen molar-refractivity contribution in [3.8, 4) is 0 Å². The largest absolute Gasteiger partial charge is 0.356 e. The zero-order valence-corrected chi connectivity index (χ0v) is 8.27. The smallest absolute Gasteiger partial charge is 0.220 e. The monoisotopic (exact) mass is 181 g/mol. The molecule has 0 aromatic rings. The predicted molar refractivity (Wildman–Crippen MR) is 52.4 cm³/mol. The normalized spacial score (nSPS) is 28.2. The summed E-state index contributed by atoms with van der Waals surface area (Å²) in [5.41, 5.74) is 0.490. The number of piperidine rings is 1. The third-order valence-electron chi connectivity index (χ3n) is 3.71. The fraction of sp³-hybridized carbons (Fsp3) is 0.909. The Labute approximate surface area is 80.1 Å². The van der Waals surface area contributed by atoms with Gasteiger partial charge in [-0.15, -0.1) is 0 Å². The fourth-order valence-corrected chi connectivity index (χ4v) is 2.75. The topological polar surface area (TPSA) is 29.1 Å². The minimum Gasteiger partial charge on any atom is -0.356 e. The maximum atomic E-state index is 11.1. The summed E-state index contributed by atoms with van der Waals surface area (Å²) in [5.74, 6) is 0.259. The molecule has 1 aliphatic heterocycles. The van der Waals surface area contributed by atoms with Crippen LogP contribution >= 0.6 is 0 Å². The van der Waals surface area contributed by atoms with Gasteiger partial charge in [-0.05, 0) is 24.7 Å². The Bertz CT molecular complexity index is 180. The summed E-state index contributed by atoms with van der Waals surface area (Å²) >= 11 is 0. The molecule has 1 aliphatic carbocycles. The van der Waals surface area contributed by atoms with Gasteiger partial charge in [0.15, 0.2) is 0 Å². The molecule has 2 rings (SSSR count). The second-order valence-corrected chi connectivity index (χ2v) is 4.69. The van der Waals surface area contributed by atoms with Gasteiger partial charge in [-0.3, -0.25) is 4.79 Å². The van der Waals surface area contributed by atoms with Crippen LogP contribution < -0.4 is 5.32 Å². The second kappa shape index (κ2) is 3.69. The number of nitrogens with one attached hydrogen (secondary N) is 1. The summed E-state index contributed by atoms with van der Waals surface area (Å²) < 4.78 is 0. The van der Waals surface area contributed by atoms with Crippen molar-refractivity contribution in [1.82, 2.24) is 5.32 Å². The Hall–Kier alpha value is -0.530. The highest BCUT2D eigenvalue weighted by Crippen LogP contribution is 2.39. The van der Waals surface area contributed by atoms with E-state index in [1.165, 1.54) is 38.5 Å². The van der Waals surface area contributed by atoms with Gasteiger partial charge >= 0.3 is 0 Å². The van der Waals surface area contributed by atoms with Gasteiger partial charge in [-0.25, -0.2) is 0 Å². The van der Waals surface area contributed by atoms with Gasteiger partial charge in [0.2, 0.25) is 5.91 Å². The van der Waals surface area contributed by atoms with Gasteiger partial charge in [0.1, 0.15) is 0 Å². The van der Waals surface area contributed by atoms with E-state index in [4.69, 9.17) is 0 Å². The Morgan fingerprint density at radius 2 is 1.69 bits per heavy atom. The van der Waals surface area contributed by atoms with E-state index in [9.17, 15) is 4.79 Å². The molecular formula is C11H19NO. The van der Waals surface area contributed by atoms with Gasteiger partial charge in [0, 0.05) is 13.0 Å². The van der Waals surface area contributed by atoms with Crippen LogP contribution in [0, 0.1) is 5.41 Å². The van der Waals surface area contributed by atoms with Crippen LogP contribution in [-0.4, -0.2) is 12.5 Å². The molecule has 13 heavy (non-hydrogen) atoms. The molecule has 1 spiro atoms. The van der Waals surface area contributed by atoms with Crippen LogP contribution in [-0.2, 0) is 4.79 Å². The van der Waals surface area contributed by atoms with Crippen LogP contribution in [0.4, 0.5) is 0 Å². The van der Waals surface area contributed by atoms with E-state index in [-0.39, 0.29) is 5.91 Å². The van der Waals surface area contributed by atoms with E-state index in [2.05, 4.69) is 5.32 Å². The second-order valence-electron chi connectivity index (χ2n) is 4.69. The Balaban J connectivity index is 1.97. The fourth-order valence-electron chi connectivity index (χ4n) is 2.75. The van der Waals surface area contributed by atoms with Gasteiger partial charge in [0.25, 0.3) is 0 Å². The molecule has 2 aliphatic rings. The Kier molecular flexibility index (Phi) is 2.56. The highest BCUT2D eigenvalue weighted by molar-refractivity contribution is 5.76. The molecule has 2 nitrogen and oxygen atoms in total. The third-order valence-corrected chi connectivity index (χ3v) is 3.71. The predicted octanol–water partition coefficient (Wildman–Crippen LogP) is 2.24. The third kappa shape index (κ3) is 2.04. The molecule has 0 radical (unpaired) electrons. The lowest BCUT2D eigenvalue weighted by molar-refractivity contribution is -0.124. The first-order chi connectivity index (χ1) is 6.31. The molecule has 0 atom stereocenters. The first-order valence-electron chi connectivity index (χ1n) is 5.58. The number of amides is 1. The SMILES string of the molecule is O=C1CCC2(CCCCCC2)CN1. The Morgan fingerprint density at radius 3 is 2.23 bits per heavy atom. The molecular weight excluding hydrogens is 162 g/mol. The molecule has 2 fully saturated rings. The summed E-state index contributed by atoms with van der Waals surface area (Å²) in [5, 5.41) is 3.03. The summed E-state index contributed by atoms with van der Waals surface area (Å²) in [6, 6.07) is 0. The van der Waals surface area contributed by atoms with Crippen LogP contribution in [0.2, 0.25) is 0 Å². The molecule has 0 aromatic heterocycles.